The number of amides is 1. The zero-order chi connectivity index (χ0) is 14.8. The zero-order valence-electron chi connectivity index (χ0n) is 12.5. The van der Waals surface area contributed by atoms with E-state index in [2.05, 4.69) is 16.8 Å². The largest absolute Gasteiger partial charge is 0.336 e. The molecule has 2 aliphatic heterocycles. The average Bonchev–Trinajstić information content (AvgIpc) is 2.93. The minimum Gasteiger partial charge on any atom is -0.336 e. The molecule has 114 valence electrons. The summed E-state index contributed by atoms with van der Waals surface area (Å²) in [6, 6.07) is 4.15. The highest BCUT2D eigenvalue weighted by atomic mass is 35.5. The number of hydrogen-bond donors (Lipinski definition) is 0. The summed E-state index contributed by atoms with van der Waals surface area (Å²) in [5.41, 5.74) is 1.60. The van der Waals surface area contributed by atoms with Gasteiger partial charge < -0.3 is 4.90 Å². The van der Waals surface area contributed by atoms with Crippen LogP contribution < -0.4 is 0 Å². The van der Waals surface area contributed by atoms with E-state index in [9.17, 15) is 4.79 Å². The second kappa shape index (κ2) is 6.32. The molecule has 1 amide bonds. The van der Waals surface area contributed by atoms with Crippen LogP contribution in [0.3, 0.4) is 0 Å². The molecule has 4 nitrogen and oxygen atoms in total. The Balaban J connectivity index is 1.75. The molecule has 0 spiro atoms. The van der Waals surface area contributed by atoms with Crippen LogP contribution in [0.1, 0.15) is 42.2 Å². The third-order valence-electron chi connectivity index (χ3n) is 4.47. The second-order valence-corrected chi connectivity index (χ2v) is 6.39. The third-order valence-corrected chi connectivity index (χ3v) is 4.67. The van der Waals surface area contributed by atoms with E-state index >= 15 is 0 Å². The summed E-state index contributed by atoms with van der Waals surface area (Å²) >= 11 is 6.07. The first kappa shape index (κ1) is 14.8. The minimum atomic E-state index is 0.100. The Morgan fingerprint density at radius 1 is 1.38 bits per heavy atom. The van der Waals surface area contributed by atoms with E-state index in [1.807, 2.05) is 11.0 Å². The molecule has 0 N–H and O–H groups in total. The van der Waals surface area contributed by atoms with Gasteiger partial charge in [0.2, 0.25) is 0 Å². The number of carbonyl (C=O) groups excluding carboxylic acids is 1. The van der Waals surface area contributed by atoms with Gasteiger partial charge in [-0.3, -0.25) is 9.69 Å². The number of pyridine rings is 1. The number of hydrogen-bond acceptors (Lipinski definition) is 3. The van der Waals surface area contributed by atoms with Crippen molar-refractivity contribution in [3.05, 3.63) is 28.5 Å². The lowest BCUT2D eigenvalue weighted by Gasteiger charge is -2.37. The van der Waals surface area contributed by atoms with E-state index in [-0.39, 0.29) is 5.91 Å². The van der Waals surface area contributed by atoms with Crippen LogP contribution in [-0.2, 0) is 6.42 Å². The summed E-state index contributed by atoms with van der Waals surface area (Å²) in [5, 5.41) is 0.420. The monoisotopic (exact) mass is 307 g/mol. The topological polar surface area (TPSA) is 36.4 Å². The highest BCUT2D eigenvalue weighted by Crippen LogP contribution is 2.23. The highest BCUT2D eigenvalue weighted by molar-refractivity contribution is 6.29. The van der Waals surface area contributed by atoms with E-state index in [0.29, 0.717) is 16.8 Å². The van der Waals surface area contributed by atoms with Crippen molar-refractivity contribution >= 4 is 17.5 Å². The van der Waals surface area contributed by atoms with Gasteiger partial charge in [-0.2, -0.15) is 0 Å². The SMILES string of the molecule is CCCc1cc(C(=O)N2CCN3CCCC3C2)cc(Cl)n1. The van der Waals surface area contributed by atoms with Gasteiger partial charge in [0.1, 0.15) is 5.15 Å². The number of carbonyl (C=O) groups is 1. The van der Waals surface area contributed by atoms with Gasteiger partial charge >= 0.3 is 0 Å². The molecule has 3 rings (SSSR count). The molecule has 0 bridgehead atoms. The van der Waals surface area contributed by atoms with Gasteiger partial charge in [-0.1, -0.05) is 24.9 Å². The summed E-state index contributed by atoms with van der Waals surface area (Å²) in [7, 11) is 0. The minimum absolute atomic E-state index is 0.100. The number of nitrogens with zero attached hydrogens (tertiary/aromatic N) is 3. The van der Waals surface area contributed by atoms with Crippen LogP contribution in [0.5, 0.6) is 0 Å². The Morgan fingerprint density at radius 2 is 2.24 bits per heavy atom. The number of aromatic nitrogens is 1. The lowest BCUT2D eigenvalue weighted by molar-refractivity contribution is 0.0571. The Morgan fingerprint density at radius 3 is 3.05 bits per heavy atom. The molecule has 1 unspecified atom stereocenters. The number of rotatable bonds is 3. The predicted molar refractivity (Wildman–Crippen MR) is 83.7 cm³/mol. The second-order valence-electron chi connectivity index (χ2n) is 6.00. The first-order valence-corrected chi connectivity index (χ1v) is 8.25. The Bertz CT molecular complexity index is 534. The van der Waals surface area contributed by atoms with Gasteiger partial charge in [0.15, 0.2) is 0 Å². The lowest BCUT2D eigenvalue weighted by atomic mass is 10.1. The predicted octanol–water partition coefficient (Wildman–Crippen LogP) is 2.61. The molecule has 3 heterocycles. The fourth-order valence-corrected chi connectivity index (χ4v) is 3.64. The maximum absolute atomic E-state index is 12.7. The number of aryl methyl sites for hydroxylation is 1. The van der Waals surface area contributed by atoms with Gasteiger partial charge in [-0.05, 0) is 37.9 Å². The standard InChI is InChI=1S/C16H22ClN3O/c1-2-4-13-9-12(10-15(17)18-13)16(21)20-8-7-19-6-3-5-14(19)11-20/h9-10,14H,2-8,11H2,1H3. The van der Waals surface area contributed by atoms with Gasteiger partial charge in [0.05, 0.1) is 0 Å². The van der Waals surface area contributed by atoms with Crippen LogP contribution in [0.15, 0.2) is 12.1 Å². The van der Waals surface area contributed by atoms with Gasteiger partial charge in [-0.15, -0.1) is 0 Å². The van der Waals surface area contributed by atoms with E-state index in [1.165, 1.54) is 19.4 Å². The molecular weight excluding hydrogens is 286 g/mol. The van der Waals surface area contributed by atoms with Crippen molar-refractivity contribution in [2.24, 2.45) is 0 Å². The smallest absolute Gasteiger partial charge is 0.254 e. The van der Waals surface area contributed by atoms with Crippen molar-refractivity contribution < 1.29 is 4.79 Å². The molecule has 21 heavy (non-hydrogen) atoms. The summed E-state index contributed by atoms with van der Waals surface area (Å²) in [5.74, 6) is 0.100. The van der Waals surface area contributed by atoms with Crippen LogP contribution in [0.25, 0.3) is 0 Å². The van der Waals surface area contributed by atoms with Crippen molar-refractivity contribution in [3.8, 4) is 0 Å². The first-order chi connectivity index (χ1) is 10.2. The van der Waals surface area contributed by atoms with Crippen LogP contribution >= 0.6 is 11.6 Å². The van der Waals surface area contributed by atoms with Crippen LogP contribution in [0.2, 0.25) is 5.15 Å². The first-order valence-electron chi connectivity index (χ1n) is 7.87. The van der Waals surface area contributed by atoms with Crippen LogP contribution in [0, 0.1) is 0 Å². The van der Waals surface area contributed by atoms with Gasteiger partial charge in [0.25, 0.3) is 5.91 Å². The van der Waals surface area contributed by atoms with E-state index in [0.717, 1.165) is 38.2 Å². The maximum Gasteiger partial charge on any atom is 0.254 e. The zero-order valence-corrected chi connectivity index (χ0v) is 13.3. The molecule has 2 fully saturated rings. The molecule has 2 saturated heterocycles. The Labute approximate surface area is 131 Å². The van der Waals surface area contributed by atoms with Crippen molar-refractivity contribution in [3.63, 3.8) is 0 Å². The molecule has 1 aromatic heterocycles. The quantitative estimate of drug-likeness (QED) is 0.805. The van der Waals surface area contributed by atoms with Crippen LogP contribution in [0.4, 0.5) is 0 Å². The van der Waals surface area contributed by atoms with Crippen molar-refractivity contribution in [1.29, 1.82) is 0 Å². The lowest BCUT2D eigenvalue weighted by Crippen LogP contribution is -2.52. The fraction of sp³-hybridized carbons (Fsp3) is 0.625. The van der Waals surface area contributed by atoms with Gasteiger partial charge in [-0.25, -0.2) is 4.98 Å². The van der Waals surface area contributed by atoms with E-state index < -0.39 is 0 Å². The van der Waals surface area contributed by atoms with Gasteiger partial charge in [0, 0.05) is 36.9 Å². The number of fused-ring (bicyclic) bond motifs is 1. The van der Waals surface area contributed by atoms with Crippen molar-refractivity contribution in [2.75, 3.05) is 26.2 Å². The van der Waals surface area contributed by atoms with E-state index in [4.69, 9.17) is 11.6 Å². The van der Waals surface area contributed by atoms with Crippen molar-refractivity contribution in [2.45, 2.75) is 38.6 Å². The molecule has 0 radical (unpaired) electrons. The molecule has 0 aromatic carbocycles. The summed E-state index contributed by atoms with van der Waals surface area (Å²) in [4.78, 5) is 21.5. The molecule has 0 aliphatic carbocycles. The molecule has 2 aliphatic rings. The van der Waals surface area contributed by atoms with Crippen LogP contribution in [-0.4, -0.2) is 52.9 Å². The average molecular weight is 308 g/mol. The number of piperazine rings is 1. The molecule has 1 atom stereocenters. The summed E-state index contributed by atoms with van der Waals surface area (Å²) < 4.78 is 0. The molecule has 5 heteroatoms. The van der Waals surface area contributed by atoms with E-state index in [1.54, 1.807) is 6.07 Å². The Kier molecular flexibility index (Phi) is 4.45. The molecule has 0 saturated carbocycles. The fourth-order valence-electron chi connectivity index (χ4n) is 3.42. The molecular formula is C16H22ClN3O. The maximum atomic E-state index is 12.7. The number of halogens is 1. The molecule has 1 aromatic rings. The Hall–Kier alpha value is -1.13. The summed E-state index contributed by atoms with van der Waals surface area (Å²) in [6.07, 6.45) is 4.33. The highest BCUT2D eigenvalue weighted by Gasteiger charge is 2.32. The summed E-state index contributed by atoms with van der Waals surface area (Å²) in [6.45, 7) is 5.95. The normalized spacial score (nSPS) is 22.4. The third kappa shape index (κ3) is 3.22. The van der Waals surface area contributed by atoms with Crippen molar-refractivity contribution in [1.82, 2.24) is 14.8 Å².